The molecule has 2 aliphatic heterocycles. The minimum Gasteiger partial charge on any atom is -0.327 e. The van der Waals surface area contributed by atoms with Gasteiger partial charge in [-0.2, -0.15) is 0 Å². The zero-order valence-electron chi connectivity index (χ0n) is 16.3. The number of rotatable bonds is 3. The number of carbonyl (C=O) groups excluding carboxylic acids is 2. The average Bonchev–Trinajstić information content (AvgIpc) is 3.02. The molecule has 0 radical (unpaired) electrons. The molecule has 0 unspecified atom stereocenters. The maximum atomic E-state index is 13.4. The van der Waals surface area contributed by atoms with Gasteiger partial charge in [0.15, 0.2) is 0 Å². The fourth-order valence-corrected chi connectivity index (χ4v) is 3.95. The third-order valence-corrected chi connectivity index (χ3v) is 5.29. The number of nitrogens with zero attached hydrogens (tertiary/aromatic N) is 3. The Morgan fingerprint density at radius 3 is 2.45 bits per heavy atom. The van der Waals surface area contributed by atoms with E-state index in [4.69, 9.17) is 0 Å². The Kier molecular flexibility index (Phi) is 4.34. The second-order valence-electron chi connectivity index (χ2n) is 7.39. The fraction of sp³-hybridized carbons (Fsp3) is 0.238. The van der Waals surface area contributed by atoms with Gasteiger partial charge in [-0.05, 0) is 42.7 Å². The fourth-order valence-electron chi connectivity index (χ4n) is 3.95. The van der Waals surface area contributed by atoms with E-state index in [-0.39, 0.29) is 24.2 Å². The number of hydrogen-bond acceptors (Lipinski definition) is 4. The molecular weight excluding hydrogens is 372 g/mol. The molecule has 2 aromatic rings. The third kappa shape index (κ3) is 3.12. The van der Waals surface area contributed by atoms with E-state index in [0.29, 0.717) is 16.8 Å². The Hall–Kier alpha value is -3.68. The predicted molar refractivity (Wildman–Crippen MR) is 107 cm³/mol. The minimum absolute atomic E-state index is 0.0885. The van der Waals surface area contributed by atoms with Gasteiger partial charge in [0.2, 0.25) is 0 Å². The number of carbonyl (C=O) groups is 2. The molecule has 148 valence electrons. The van der Waals surface area contributed by atoms with E-state index >= 15 is 0 Å². The van der Waals surface area contributed by atoms with E-state index in [2.05, 4.69) is 5.32 Å². The average molecular weight is 392 g/mol. The first kappa shape index (κ1) is 18.7. The smallest absolute Gasteiger partial charge is 0.322 e. The third-order valence-electron chi connectivity index (χ3n) is 5.29. The number of anilines is 1. The molecule has 0 saturated carbocycles. The molecule has 1 N–H and O–H groups in total. The number of nitro groups is 1. The molecule has 1 atom stereocenters. The first-order valence-corrected chi connectivity index (χ1v) is 9.18. The zero-order chi connectivity index (χ0) is 20.9. The van der Waals surface area contributed by atoms with E-state index in [1.807, 2.05) is 32.0 Å². The largest absolute Gasteiger partial charge is 0.327 e. The molecule has 0 bridgehead atoms. The molecule has 2 heterocycles. The molecular formula is C21H20N4O4. The summed E-state index contributed by atoms with van der Waals surface area (Å²) in [5.41, 5.74) is 4.30. The van der Waals surface area contributed by atoms with Gasteiger partial charge in [0.1, 0.15) is 0 Å². The van der Waals surface area contributed by atoms with Crippen LogP contribution in [-0.4, -0.2) is 35.4 Å². The van der Waals surface area contributed by atoms with Crippen molar-refractivity contribution >= 4 is 23.3 Å². The topological polar surface area (TPSA) is 95.8 Å². The molecule has 0 spiro atoms. The van der Waals surface area contributed by atoms with Crippen molar-refractivity contribution in [1.82, 2.24) is 10.2 Å². The Balaban J connectivity index is 1.78. The summed E-state index contributed by atoms with van der Waals surface area (Å²) in [6, 6.07) is 10.8. The summed E-state index contributed by atoms with van der Waals surface area (Å²) in [6.07, 6.45) is 0. The van der Waals surface area contributed by atoms with Crippen LogP contribution in [0, 0.1) is 24.0 Å². The standard InChI is InChI=1S/C21H20N4O4/c1-12-7-13(2)9-16(8-12)24-11-17-18(20(24)26)19(22-21(27)23(17)3)14-5-4-6-15(10-14)25(28)29/h4-10,19H,11H2,1-3H3,(H,22,27)/t19-/m1/s1. The summed E-state index contributed by atoms with van der Waals surface area (Å²) in [6.45, 7) is 4.20. The van der Waals surface area contributed by atoms with Crippen molar-refractivity contribution in [1.29, 1.82) is 0 Å². The molecule has 0 aliphatic carbocycles. The van der Waals surface area contributed by atoms with Crippen LogP contribution in [0.1, 0.15) is 22.7 Å². The van der Waals surface area contributed by atoms with Crippen LogP contribution >= 0.6 is 0 Å². The van der Waals surface area contributed by atoms with E-state index in [9.17, 15) is 19.7 Å². The van der Waals surface area contributed by atoms with Crippen molar-refractivity contribution in [3.8, 4) is 0 Å². The van der Waals surface area contributed by atoms with Crippen molar-refractivity contribution in [2.45, 2.75) is 19.9 Å². The second-order valence-corrected chi connectivity index (χ2v) is 7.39. The van der Waals surface area contributed by atoms with Gasteiger partial charge in [0.05, 0.1) is 28.8 Å². The van der Waals surface area contributed by atoms with E-state index in [1.165, 1.54) is 17.0 Å². The highest BCUT2D eigenvalue weighted by molar-refractivity contribution is 6.11. The van der Waals surface area contributed by atoms with Crippen molar-refractivity contribution in [3.05, 3.63) is 80.5 Å². The van der Waals surface area contributed by atoms with Crippen LogP contribution in [0.3, 0.4) is 0 Å². The molecule has 4 rings (SSSR count). The van der Waals surface area contributed by atoms with Gasteiger partial charge in [-0.3, -0.25) is 19.8 Å². The van der Waals surface area contributed by atoms with Gasteiger partial charge in [0.25, 0.3) is 11.6 Å². The van der Waals surface area contributed by atoms with Crippen molar-refractivity contribution < 1.29 is 14.5 Å². The Bertz CT molecular complexity index is 1070. The van der Waals surface area contributed by atoms with Crippen LogP contribution in [0.4, 0.5) is 16.2 Å². The summed E-state index contributed by atoms with van der Waals surface area (Å²) < 4.78 is 0. The number of aryl methyl sites for hydroxylation is 2. The Labute approximate surface area is 167 Å². The quantitative estimate of drug-likeness (QED) is 0.641. The summed E-state index contributed by atoms with van der Waals surface area (Å²) in [5, 5.41) is 14.0. The van der Waals surface area contributed by atoms with Gasteiger partial charge in [0, 0.05) is 24.9 Å². The summed E-state index contributed by atoms with van der Waals surface area (Å²) in [4.78, 5) is 39.6. The SMILES string of the molecule is Cc1cc(C)cc(N2CC3=C(C2=O)[C@@H](c2cccc([N+](=O)[O-])c2)NC(=O)N3C)c1. The summed E-state index contributed by atoms with van der Waals surface area (Å²) in [5.74, 6) is -0.214. The van der Waals surface area contributed by atoms with Crippen LogP contribution < -0.4 is 10.2 Å². The molecule has 29 heavy (non-hydrogen) atoms. The number of nitro benzene ring substituents is 1. The van der Waals surface area contributed by atoms with Gasteiger partial charge in [-0.25, -0.2) is 4.79 Å². The van der Waals surface area contributed by atoms with Crippen LogP contribution in [0.25, 0.3) is 0 Å². The zero-order valence-corrected chi connectivity index (χ0v) is 16.3. The molecule has 0 aromatic heterocycles. The molecule has 2 aliphatic rings. The lowest BCUT2D eigenvalue weighted by Gasteiger charge is -2.30. The lowest BCUT2D eigenvalue weighted by molar-refractivity contribution is -0.384. The van der Waals surface area contributed by atoms with Gasteiger partial charge in [-0.1, -0.05) is 18.2 Å². The van der Waals surface area contributed by atoms with E-state index < -0.39 is 11.0 Å². The molecule has 8 heteroatoms. The molecule has 8 nitrogen and oxygen atoms in total. The number of amides is 3. The molecule has 0 saturated heterocycles. The minimum atomic E-state index is -0.739. The normalized spacial score (nSPS) is 18.8. The number of urea groups is 1. The van der Waals surface area contributed by atoms with Crippen molar-refractivity contribution in [2.24, 2.45) is 0 Å². The monoisotopic (exact) mass is 392 g/mol. The van der Waals surface area contributed by atoms with E-state index in [0.717, 1.165) is 16.8 Å². The first-order chi connectivity index (χ1) is 13.8. The van der Waals surface area contributed by atoms with Crippen LogP contribution in [0.2, 0.25) is 0 Å². The van der Waals surface area contributed by atoms with Crippen LogP contribution in [-0.2, 0) is 4.79 Å². The molecule has 0 fully saturated rings. The molecule has 3 amide bonds. The Morgan fingerprint density at radius 2 is 1.79 bits per heavy atom. The number of hydrogen-bond donors (Lipinski definition) is 1. The maximum Gasteiger partial charge on any atom is 0.322 e. The highest BCUT2D eigenvalue weighted by Crippen LogP contribution is 2.38. The highest BCUT2D eigenvalue weighted by Gasteiger charge is 2.43. The van der Waals surface area contributed by atoms with Crippen LogP contribution in [0.5, 0.6) is 0 Å². The summed E-state index contributed by atoms with van der Waals surface area (Å²) >= 11 is 0. The lowest BCUT2D eigenvalue weighted by atomic mass is 9.95. The van der Waals surface area contributed by atoms with Crippen LogP contribution in [0.15, 0.2) is 53.7 Å². The number of nitrogens with one attached hydrogen (secondary N) is 1. The van der Waals surface area contributed by atoms with Gasteiger partial charge < -0.3 is 10.2 Å². The maximum absolute atomic E-state index is 13.4. The Morgan fingerprint density at radius 1 is 1.10 bits per heavy atom. The lowest BCUT2D eigenvalue weighted by Crippen LogP contribution is -2.45. The van der Waals surface area contributed by atoms with Gasteiger partial charge >= 0.3 is 6.03 Å². The van der Waals surface area contributed by atoms with Gasteiger partial charge in [-0.15, -0.1) is 0 Å². The van der Waals surface area contributed by atoms with Crippen molar-refractivity contribution in [3.63, 3.8) is 0 Å². The predicted octanol–water partition coefficient (Wildman–Crippen LogP) is 3.21. The molecule has 2 aromatic carbocycles. The number of non-ortho nitro benzene ring substituents is 1. The van der Waals surface area contributed by atoms with E-state index in [1.54, 1.807) is 24.1 Å². The number of likely N-dealkylation sites (N-methyl/N-ethyl adjacent to an activating group) is 1. The van der Waals surface area contributed by atoms with Crippen molar-refractivity contribution in [2.75, 3.05) is 18.5 Å². The number of benzene rings is 2. The summed E-state index contributed by atoms with van der Waals surface area (Å²) in [7, 11) is 1.62. The first-order valence-electron chi connectivity index (χ1n) is 9.18. The highest BCUT2D eigenvalue weighted by atomic mass is 16.6. The second kappa shape index (κ2) is 6.73.